The van der Waals surface area contributed by atoms with E-state index in [1.165, 1.54) is 0 Å². The summed E-state index contributed by atoms with van der Waals surface area (Å²) in [5.41, 5.74) is 2.47. The van der Waals surface area contributed by atoms with Gasteiger partial charge in [0.25, 0.3) is 5.91 Å². The summed E-state index contributed by atoms with van der Waals surface area (Å²) >= 11 is 0. The Kier molecular flexibility index (Phi) is 5.33. The third-order valence-corrected chi connectivity index (χ3v) is 4.50. The fourth-order valence-electron chi connectivity index (χ4n) is 2.93. The molecule has 0 aliphatic carbocycles. The summed E-state index contributed by atoms with van der Waals surface area (Å²) in [6.45, 7) is 2.28. The third-order valence-electron chi connectivity index (χ3n) is 4.50. The molecular formula is C18H25N5O2. The Morgan fingerprint density at radius 3 is 2.60 bits per heavy atom. The summed E-state index contributed by atoms with van der Waals surface area (Å²) in [6.07, 6.45) is 7.50. The molecule has 0 saturated carbocycles. The van der Waals surface area contributed by atoms with Crippen LogP contribution in [0.15, 0.2) is 24.7 Å². The van der Waals surface area contributed by atoms with E-state index in [2.05, 4.69) is 15.3 Å². The summed E-state index contributed by atoms with van der Waals surface area (Å²) in [7, 11) is 5.68. The summed E-state index contributed by atoms with van der Waals surface area (Å²) in [5.74, 6) is 1.12. The number of aryl methyl sites for hydroxylation is 1. The molecule has 1 fully saturated rings. The first-order valence-corrected chi connectivity index (χ1v) is 8.56. The third kappa shape index (κ3) is 4.17. The molecule has 7 nitrogen and oxygen atoms in total. The van der Waals surface area contributed by atoms with Crippen LogP contribution in [0.4, 0.5) is 5.95 Å². The van der Waals surface area contributed by atoms with Gasteiger partial charge in [0.05, 0.1) is 0 Å². The van der Waals surface area contributed by atoms with Crippen molar-refractivity contribution in [3.63, 3.8) is 0 Å². The highest BCUT2D eigenvalue weighted by Gasteiger charge is 2.17. The minimum absolute atomic E-state index is 0.0499. The van der Waals surface area contributed by atoms with Gasteiger partial charge in [-0.15, -0.1) is 0 Å². The lowest BCUT2D eigenvalue weighted by Gasteiger charge is -2.22. The van der Waals surface area contributed by atoms with E-state index in [4.69, 9.17) is 4.74 Å². The Bertz CT molecular complexity index is 718. The molecule has 25 heavy (non-hydrogen) atoms. The second-order valence-corrected chi connectivity index (χ2v) is 6.66. The zero-order chi connectivity index (χ0) is 17.8. The van der Waals surface area contributed by atoms with E-state index in [-0.39, 0.29) is 5.91 Å². The topological polar surface area (TPSA) is 72.3 Å². The summed E-state index contributed by atoms with van der Waals surface area (Å²) < 4.78 is 7.20. The molecule has 0 aromatic carbocycles. The Morgan fingerprint density at radius 2 is 1.96 bits per heavy atom. The van der Waals surface area contributed by atoms with Crippen LogP contribution in [0.25, 0.3) is 11.1 Å². The number of nitrogens with zero attached hydrogens (tertiary/aromatic N) is 4. The first-order valence-electron chi connectivity index (χ1n) is 8.56. The van der Waals surface area contributed by atoms with E-state index in [1.54, 1.807) is 12.4 Å². The Labute approximate surface area is 148 Å². The number of nitrogens with one attached hydrogen (secondary N) is 1. The van der Waals surface area contributed by atoms with E-state index in [9.17, 15) is 4.79 Å². The lowest BCUT2D eigenvalue weighted by Crippen LogP contribution is -2.33. The summed E-state index contributed by atoms with van der Waals surface area (Å²) in [5, 5.41) is 3.05. The van der Waals surface area contributed by atoms with Gasteiger partial charge in [-0.2, -0.15) is 0 Å². The van der Waals surface area contributed by atoms with Gasteiger partial charge in [0.15, 0.2) is 0 Å². The monoisotopic (exact) mass is 343 g/mol. The molecular weight excluding hydrogens is 318 g/mol. The highest BCUT2D eigenvalue weighted by atomic mass is 16.5. The second-order valence-electron chi connectivity index (χ2n) is 6.66. The molecule has 1 amide bonds. The standard InChI is InChI=1S/C18H25N5O2/c1-22(2)18-20-10-15(11-21-18)14-8-16(23(3)12-14)17(24)19-9-13-4-6-25-7-5-13/h8,10-13H,4-7,9H2,1-3H3,(H,19,24). The number of carbonyl (C=O) groups is 1. The maximum absolute atomic E-state index is 12.5. The second kappa shape index (κ2) is 7.65. The molecule has 7 heteroatoms. The predicted octanol–water partition coefficient (Wildman–Crippen LogP) is 1.70. The molecule has 1 N–H and O–H groups in total. The van der Waals surface area contributed by atoms with E-state index in [1.807, 2.05) is 42.9 Å². The van der Waals surface area contributed by atoms with Crippen LogP contribution in [-0.2, 0) is 11.8 Å². The fraction of sp³-hybridized carbons (Fsp3) is 0.500. The average molecular weight is 343 g/mol. The molecule has 1 aliphatic rings. The number of rotatable bonds is 5. The van der Waals surface area contributed by atoms with Gasteiger partial charge in [-0.25, -0.2) is 9.97 Å². The molecule has 0 bridgehead atoms. The smallest absolute Gasteiger partial charge is 0.267 e. The molecule has 134 valence electrons. The van der Waals surface area contributed by atoms with E-state index in [0.717, 1.165) is 37.2 Å². The highest BCUT2D eigenvalue weighted by Crippen LogP contribution is 2.21. The zero-order valence-electron chi connectivity index (χ0n) is 15.0. The first kappa shape index (κ1) is 17.4. The van der Waals surface area contributed by atoms with Gasteiger partial charge in [-0.3, -0.25) is 4.79 Å². The Balaban J connectivity index is 1.67. The zero-order valence-corrected chi connectivity index (χ0v) is 15.0. The number of carbonyl (C=O) groups excluding carboxylic acids is 1. The minimum Gasteiger partial charge on any atom is -0.381 e. The number of ether oxygens (including phenoxy) is 1. The van der Waals surface area contributed by atoms with Crippen molar-refractivity contribution in [2.45, 2.75) is 12.8 Å². The minimum atomic E-state index is -0.0499. The van der Waals surface area contributed by atoms with Crippen molar-refractivity contribution in [3.8, 4) is 11.1 Å². The highest BCUT2D eigenvalue weighted by molar-refractivity contribution is 5.94. The van der Waals surface area contributed by atoms with Crippen molar-refractivity contribution in [1.29, 1.82) is 0 Å². The molecule has 2 aromatic heterocycles. The largest absolute Gasteiger partial charge is 0.381 e. The lowest BCUT2D eigenvalue weighted by atomic mass is 10.0. The number of amides is 1. The molecule has 1 aliphatic heterocycles. The van der Waals surface area contributed by atoms with Crippen molar-refractivity contribution < 1.29 is 9.53 Å². The van der Waals surface area contributed by atoms with Crippen molar-refractivity contribution in [2.75, 3.05) is 38.8 Å². The SMILES string of the molecule is CN(C)c1ncc(-c2cc(C(=O)NCC3CCOCC3)n(C)c2)cn1. The van der Waals surface area contributed by atoms with E-state index in [0.29, 0.717) is 24.1 Å². The van der Waals surface area contributed by atoms with Crippen LogP contribution in [-0.4, -0.2) is 54.3 Å². The molecule has 3 heterocycles. The van der Waals surface area contributed by atoms with Crippen LogP contribution in [0.1, 0.15) is 23.3 Å². The number of hydrogen-bond acceptors (Lipinski definition) is 5. The maximum atomic E-state index is 12.5. The number of anilines is 1. The summed E-state index contributed by atoms with van der Waals surface area (Å²) in [4.78, 5) is 23.0. The van der Waals surface area contributed by atoms with Gasteiger partial charge in [0.1, 0.15) is 5.69 Å². The first-order chi connectivity index (χ1) is 12.0. The fourth-order valence-corrected chi connectivity index (χ4v) is 2.93. The summed E-state index contributed by atoms with van der Waals surface area (Å²) in [6, 6.07) is 1.88. The van der Waals surface area contributed by atoms with Gasteiger partial charge < -0.3 is 19.5 Å². The van der Waals surface area contributed by atoms with Gasteiger partial charge in [-0.05, 0) is 24.8 Å². The van der Waals surface area contributed by atoms with Crippen LogP contribution in [0.3, 0.4) is 0 Å². The molecule has 0 spiro atoms. The van der Waals surface area contributed by atoms with Gasteiger partial charge in [0, 0.05) is 70.6 Å². The normalized spacial score (nSPS) is 15.2. The van der Waals surface area contributed by atoms with E-state index < -0.39 is 0 Å². The van der Waals surface area contributed by atoms with Crippen LogP contribution in [0.2, 0.25) is 0 Å². The molecule has 0 unspecified atom stereocenters. The van der Waals surface area contributed by atoms with Crippen LogP contribution >= 0.6 is 0 Å². The number of aromatic nitrogens is 3. The maximum Gasteiger partial charge on any atom is 0.267 e. The quantitative estimate of drug-likeness (QED) is 0.895. The molecule has 3 rings (SSSR count). The van der Waals surface area contributed by atoms with Crippen molar-refractivity contribution >= 4 is 11.9 Å². The van der Waals surface area contributed by atoms with Crippen molar-refractivity contribution in [2.24, 2.45) is 13.0 Å². The van der Waals surface area contributed by atoms with Crippen molar-refractivity contribution in [3.05, 3.63) is 30.4 Å². The molecule has 0 radical (unpaired) electrons. The molecule has 1 saturated heterocycles. The van der Waals surface area contributed by atoms with Gasteiger partial charge >= 0.3 is 0 Å². The molecule has 2 aromatic rings. The van der Waals surface area contributed by atoms with Crippen LogP contribution in [0, 0.1) is 5.92 Å². The van der Waals surface area contributed by atoms with Crippen LogP contribution in [0.5, 0.6) is 0 Å². The molecule has 0 atom stereocenters. The van der Waals surface area contributed by atoms with Gasteiger partial charge in [0.2, 0.25) is 5.95 Å². The van der Waals surface area contributed by atoms with Gasteiger partial charge in [-0.1, -0.05) is 0 Å². The predicted molar refractivity (Wildman–Crippen MR) is 96.6 cm³/mol. The van der Waals surface area contributed by atoms with Crippen LogP contribution < -0.4 is 10.2 Å². The number of hydrogen-bond donors (Lipinski definition) is 1. The Hall–Kier alpha value is -2.41. The van der Waals surface area contributed by atoms with Crippen molar-refractivity contribution in [1.82, 2.24) is 19.9 Å². The van der Waals surface area contributed by atoms with E-state index >= 15 is 0 Å². The lowest BCUT2D eigenvalue weighted by molar-refractivity contribution is 0.0641. The average Bonchev–Trinajstić information content (AvgIpc) is 3.02. The Morgan fingerprint density at radius 1 is 1.28 bits per heavy atom.